The van der Waals surface area contributed by atoms with Crippen molar-refractivity contribution in [1.29, 1.82) is 0 Å². The van der Waals surface area contributed by atoms with Crippen LogP contribution < -0.4 is 19.5 Å². The second-order valence-electron chi connectivity index (χ2n) is 4.68. The van der Waals surface area contributed by atoms with Crippen molar-refractivity contribution >= 4 is 11.6 Å². The summed E-state index contributed by atoms with van der Waals surface area (Å²) in [6, 6.07) is 3.34. The first-order valence-corrected chi connectivity index (χ1v) is 6.64. The number of carbonyl (C=O) groups is 1. The summed E-state index contributed by atoms with van der Waals surface area (Å²) in [5, 5.41) is 9.62. The van der Waals surface area contributed by atoms with Crippen molar-refractivity contribution in [1.82, 2.24) is 10.2 Å². The van der Waals surface area contributed by atoms with Crippen LogP contribution in [0.25, 0.3) is 0 Å². The molecule has 0 unspecified atom stereocenters. The van der Waals surface area contributed by atoms with E-state index in [0.717, 1.165) is 0 Å². The molecule has 0 atom stereocenters. The topological polar surface area (TPSA) is 85.5 Å². The predicted molar refractivity (Wildman–Crippen MR) is 82.1 cm³/mol. The number of aryl methyl sites for hydroxylation is 2. The van der Waals surface area contributed by atoms with Crippen molar-refractivity contribution in [3.05, 3.63) is 29.1 Å². The smallest absolute Gasteiger partial charge is 0.259 e. The Bertz CT molecular complexity index is 650. The van der Waals surface area contributed by atoms with Crippen LogP contribution in [0.4, 0.5) is 5.69 Å². The molecule has 0 fully saturated rings. The summed E-state index contributed by atoms with van der Waals surface area (Å²) in [7, 11) is 4.57. The lowest BCUT2D eigenvalue weighted by molar-refractivity contribution is 0.102. The molecule has 0 saturated carbocycles. The Balaban J connectivity index is 2.36. The number of hydrogen-bond donors (Lipinski definition) is 2. The molecule has 118 valence electrons. The number of nitrogens with zero attached hydrogens (tertiary/aromatic N) is 1. The largest absolute Gasteiger partial charge is 0.493 e. The van der Waals surface area contributed by atoms with Gasteiger partial charge in [-0.25, -0.2) is 0 Å². The lowest BCUT2D eigenvalue weighted by atomic mass is 10.1. The Morgan fingerprint density at radius 3 is 2.09 bits per heavy atom. The van der Waals surface area contributed by atoms with Crippen LogP contribution in [0.15, 0.2) is 12.1 Å². The molecule has 1 amide bonds. The van der Waals surface area contributed by atoms with E-state index in [4.69, 9.17) is 14.2 Å². The van der Waals surface area contributed by atoms with Gasteiger partial charge < -0.3 is 19.5 Å². The lowest BCUT2D eigenvalue weighted by Gasteiger charge is -2.14. The number of aromatic amines is 1. The molecule has 22 heavy (non-hydrogen) atoms. The van der Waals surface area contributed by atoms with Gasteiger partial charge in [-0.05, 0) is 13.8 Å². The van der Waals surface area contributed by atoms with Gasteiger partial charge in [0.2, 0.25) is 5.75 Å². The number of ether oxygens (including phenoxy) is 3. The van der Waals surface area contributed by atoms with Gasteiger partial charge in [-0.3, -0.25) is 9.89 Å². The zero-order valence-corrected chi connectivity index (χ0v) is 13.2. The summed E-state index contributed by atoms with van der Waals surface area (Å²) in [5.74, 6) is 1.16. The number of nitrogens with one attached hydrogen (secondary N) is 2. The molecule has 2 aromatic rings. The first kappa shape index (κ1) is 15.7. The molecule has 0 bridgehead atoms. The van der Waals surface area contributed by atoms with Crippen LogP contribution >= 0.6 is 0 Å². The molecule has 0 spiro atoms. The third kappa shape index (κ3) is 2.83. The van der Waals surface area contributed by atoms with Crippen molar-refractivity contribution in [2.45, 2.75) is 13.8 Å². The Hall–Kier alpha value is -2.70. The Kier molecular flexibility index (Phi) is 4.55. The van der Waals surface area contributed by atoms with Crippen LogP contribution in [-0.4, -0.2) is 37.4 Å². The highest BCUT2D eigenvalue weighted by molar-refractivity contribution is 6.06. The van der Waals surface area contributed by atoms with Crippen LogP contribution in [-0.2, 0) is 0 Å². The van der Waals surface area contributed by atoms with Crippen LogP contribution in [0.2, 0.25) is 0 Å². The van der Waals surface area contributed by atoms with Crippen LogP contribution in [0.3, 0.4) is 0 Å². The van der Waals surface area contributed by atoms with Crippen molar-refractivity contribution in [2.24, 2.45) is 0 Å². The molecule has 1 aromatic heterocycles. The van der Waals surface area contributed by atoms with Crippen LogP contribution in [0.1, 0.15) is 21.7 Å². The number of rotatable bonds is 5. The van der Waals surface area contributed by atoms with E-state index >= 15 is 0 Å². The summed E-state index contributed by atoms with van der Waals surface area (Å²) in [6.45, 7) is 3.57. The van der Waals surface area contributed by atoms with E-state index in [1.807, 2.05) is 0 Å². The van der Waals surface area contributed by atoms with Crippen LogP contribution in [0.5, 0.6) is 17.2 Å². The maximum atomic E-state index is 12.4. The van der Waals surface area contributed by atoms with Crippen molar-refractivity contribution in [2.75, 3.05) is 26.6 Å². The molecular weight excluding hydrogens is 286 g/mol. The fourth-order valence-electron chi connectivity index (χ4n) is 2.23. The molecule has 7 heteroatoms. The summed E-state index contributed by atoms with van der Waals surface area (Å²) in [6.07, 6.45) is 0. The SMILES string of the molecule is COc1cc(NC(=O)c2c(C)n[nH]c2C)cc(OC)c1OC. The first-order valence-electron chi connectivity index (χ1n) is 6.64. The molecule has 1 heterocycles. The third-order valence-electron chi connectivity index (χ3n) is 3.28. The van der Waals surface area contributed by atoms with Gasteiger partial charge in [-0.2, -0.15) is 5.10 Å². The molecular formula is C15H19N3O4. The zero-order valence-electron chi connectivity index (χ0n) is 13.2. The normalized spacial score (nSPS) is 10.2. The Morgan fingerprint density at radius 2 is 1.68 bits per heavy atom. The van der Waals surface area contributed by atoms with E-state index < -0.39 is 0 Å². The molecule has 0 radical (unpaired) electrons. The average Bonchev–Trinajstić information content (AvgIpc) is 2.85. The fourth-order valence-corrected chi connectivity index (χ4v) is 2.23. The van der Waals surface area contributed by atoms with Gasteiger partial charge in [0.25, 0.3) is 5.91 Å². The number of carbonyl (C=O) groups excluding carboxylic acids is 1. The highest BCUT2D eigenvalue weighted by atomic mass is 16.5. The van der Waals surface area contributed by atoms with Crippen molar-refractivity contribution in [3.8, 4) is 17.2 Å². The van der Waals surface area contributed by atoms with E-state index in [0.29, 0.717) is 39.9 Å². The monoisotopic (exact) mass is 305 g/mol. The minimum absolute atomic E-state index is 0.252. The molecule has 0 aliphatic heterocycles. The summed E-state index contributed by atoms with van der Waals surface area (Å²) >= 11 is 0. The number of amides is 1. The lowest BCUT2D eigenvalue weighted by Crippen LogP contribution is -2.14. The molecule has 1 aromatic carbocycles. The van der Waals surface area contributed by atoms with Crippen molar-refractivity contribution < 1.29 is 19.0 Å². The fraction of sp³-hybridized carbons (Fsp3) is 0.333. The van der Waals surface area contributed by atoms with Crippen molar-refractivity contribution in [3.63, 3.8) is 0 Å². The van der Waals surface area contributed by atoms with Gasteiger partial charge in [0.1, 0.15) is 0 Å². The van der Waals surface area contributed by atoms with Gasteiger partial charge >= 0.3 is 0 Å². The number of methoxy groups -OCH3 is 3. The summed E-state index contributed by atoms with van der Waals surface area (Å²) < 4.78 is 15.8. The number of aromatic nitrogens is 2. The first-order chi connectivity index (χ1) is 10.5. The highest BCUT2D eigenvalue weighted by Gasteiger charge is 2.18. The van der Waals surface area contributed by atoms with E-state index in [-0.39, 0.29) is 5.91 Å². The molecule has 0 aliphatic carbocycles. The number of H-pyrrole nitrogens is 1. The highest BCUT2D eigenvalue weighted by Crippen LogP contribution is 2.40. The molecule has 7 nitrogen and oxygen atoms in total. The van der Waals surface area contributed by atoms with Gasteiger partial charge in [-0.15, -0.1) is 0 Å². The summed E-state index contributed by atoms with van der Waals surface area (Å²) in [4.78, 5) is 12.4. The maximum Gasteiger partial charge on any atom is 0.259 e. The molecule has 2 N–H and O–H groups in total. The second-order valence-corrected chi connectivity index (χ2v) is 4.68. The molecule has 0 aliphatic rings. The predicted octanol–water partition coefficient (Wildman–Crippen LogP) is 2.30. The number of benzene rings is 1. The van der Waals surface area contributed by atoms with Gasteiger partial charge in [0.15, 0.2) is 11.5 Å². The van der Waals surface area contributed by atoms with E-state index in [9.17, 15) is 4.79 Å². The number of hydrogen-bond acceptors (Lipinski definition) is 5. The van der Waals surface area contributed by atoms with Crippen LogP contribution in [0, 0.1) is 13.8 Å². The third-order valence-corrected chi connectivity index (χ3v) is 3.28. The van der Waals surface area contributed by atoms with Gasteiger partial charge in [-0.1, -0.05) is 0 Å². The minimum atomic E-state index is -0.252. The zero-order chi connectivity index (χ0) is 16.3. The van der Waals surface area contributed by atoms with E-state index in [1.54, 1.807) is 26.0 Å². The number of anilines is 1. The Morgan fingerprint density at radius 1 is 1.09 bits per heavy atom. The van der Waals surface area contributed by atoms with E-state index in [2.05, 4.69) is 15.5 Å². The maximum absolute atomic E-state index is 12.4. The second kappa shape index (κ2) is 6.38. The Labute approximate surface area is 128 Å². The summed E-state index contributed by atoms with van der Waals surface area (Å²) in [5.41, 5.74) is 2.41. The molecule has 0 saturated heterocycles. The molecule has 2 rings (SSSR count). The standard InChI is InChI=1S/C15H19N3O4/c1-8-13(9(2)18-17-8)15(19)16-10-6-11(20-3)14(22-5)12(7-10)21-4/h6-7H,1-5H3,(H,16,19)(H,17,18). The average molecular weight is 305 g/mol. The quantitative estimate of drug-likeness (QED) is 0.885. The van der Waals surface area contributed by atoms with Gasteiger partial charge in [0.05, 0.1) is 32.6 Å². The van der Waals surface area contributed by atoms with Gasteiger partial charge in [0, 0.05) is 23.5 Å². The minimum Gasteiger partial charge on any atom is -0.493 e. The van der Waals surface area contributed by atoms with E-state index in [1.165, 1.54) is 21.3 Å².